The van der Waals surface area contributed by atoms with Crippen LogP contribution in [0.15, 0.2) is 23.4 Å². The van der Waals surface area contributed by atoms with Crippen LogP contribution >= 0.6 is 35.0 Å². The molecule has 1 aromatic carbocycles. The topological polar surface area (TPSA) is 72.7 Å². The van der Waals surface area contributed by atoms with Crippen molar-refractivity contribution in [2.45, 2.75) is 17.3 Å². The number of anilines is 1. The summed E-state index contributed by atoms with van der Waals surface area (Å²) in [7, 11) is 1.71. The molecule has 9 heteroatoms. The molecule has 1 atom stereocenters. The number of thioether (sulfide) groups is 1. The van der Waals surface area contributed by atoms with E-state index in [0.29, 0.717) is 20.9 Å². The number of benzene rings is 1. The van der Waals surface area contributed by atoms with Crippen LogP contribution in [0.3, 0.4) is 0 Å². The van der Waals surface area contributed by atoms with Gasteiger partial charge in [-0.15, -0.1) is 5.10 Å². The van der Waals surface area contributed by atoms with E-state index in [1.807, 2.05) is 0 Å². The van der Waals surface area contributed by atoms with Crippen LogP contribution in [-0.2, 0) is 11.8 Å². The van der Waals surface area contributed by atoms with Gasteiger partial charge in [0.25, 0.3) is 0 Å². The third kappa shape index (κ3) is 3.41. The standard InChI is InChI=1S/C11H11Cl2N5OS/c1-6(20-11-15-16-17-18(11)2)10(19)14-8-5-3-4-7(12)9(8)13/h3-6H,1-2H3,(H,14,19)/t6-/m1/s1. The van der Waals surface area contributed by atoms with Gasteiger partial charge in [0.15, 0.2) is 0 Å². The SMILES string of the molecule is C[C@@H](Sc1nnnn1C)C(=O)Nc1cccc(Cl)c1Cl. The van der Waals surface area contributed by atoms with Crippen LogP contribution in [0.4, 0.5) is 5.69 Å². The molecule has 1 heterocycles. The monoisotopic (exact) mass is 331 g/mol. The first-order chi connectivity index (χ1) is 9.49. The van der Waals surface area contributed by atoms with E-state index >= 15 is 0 Å². The van der Waals surface area contributed by atoms with Gasteiger partial charge < -0.3 is 5.32 Å². The molecule has 0 spiro atoms. The van der Waals surface area contributed by atoms with Crippen LogP contribution in [0.25, 0.3) is 0 Å². The van der Waals surface area contributed by atoms with Crippen molar-refractivity contribution in [2.75, 3.05) is 5.32 Å². The quantitative estimate of drug-likeness (QED) is 0.872. The number of aromatic nitrogens is 4. The zero-order valence-corrected chi connectivity index (χ0v) is 13.0. The minimum Gasteiger partial charge on any atom is -0.324 e. The highest BCUT2D eigenvalue weighted by Crippen LogP contribution is 2.30. The van der Waals surface area contributed by atoms with E-state index < -0.39 is 0 Å². The van der Waals surface area contributed by atoms with Gasteiger partial charge >= 0.3 is 0 Å². The summed E-state index contributed by atoms with van der Waals surface area (Å²) in [5.41, 5.74) is 0.479. The van der Waals surface area contributed by atoms with Gasteiger partial charge in [-0.05, 0) is 29.5 Å². The molecule has 20 heavy (non-hydrogen) atoms. The number of tetrazole rings is 1. The summed E-state index contributed by atoms with van der Waals surface area (Å²) < 4.78 is 1.50. The fraction of sp³-hybridized carbons (Fsp3) is 0.273. The zero-order chi connectivity index (χ0) is 14.7. The van der Waals surface area contributed by atoms with E-state index in [0.717, 1.165) is 0 Å². The van der Waals surface area contributed by atoms with E-state index in [-0.39, 0.29) is 11.2 Å². The van der Waals surface area contributed by atoms with Crippen molar-refractivity contribution in [3.63, 3.8) is 0 Å². The van der Waals surface area contributed by atoms with Crippen LogP contribution in [-0.4, -0.2) is 31.4 Å². The van der Waals surface area contributed by atoms with Gasteiger partial charge in [-0.3, -0.25) is 4.79 Å². The second-order valence-corrected chi connectivity index (χ2v) is 6.03. The van der Waals surface area contributed by atoms with E-state index in [4.69, 9.17) is 23.2 Å². The molecule has 0 unspecified atom stereocenters. The van der Waals surface area contributed by atoms with Gasteiger partial charge in [0, 0.05) is 7.05 Å². The molecule has 1 amide bonds. The number of carbonyl (C=O) groups is 1. The molecule has 0 aliphatic rings. The van der Waals surface area contributed by atoms with Crippen molar-refractivity contribution >= 4 is 46.6 Å². The maximum atomic E-state index is 12.1. The first-order valence-electron chi connectivity index (χ1n) is 5.63. The smallest absolute Gasteiger partial charge is 0.237 e. The summed E-state index contributed by atoms with van der Waals surface area (Å²) in [4.78, 5) is 12.1. The lowest BCUT2D eigenvalue weighted by Crippen LogP contribution is -2.23. The molecule has 0 bridgehead atoms. The van der Waals surface area contributed by atoms with E-state index in [1.54, 1.807) is 32.2 Å². The average molecular weight is 332 g/mol. The van der Waals surface area contributed by atoms with Crippen molar-refractivity contribution in [1.29, 1.82) is 0 Å². The Morgan fingerprint density at radius 2 is 2.20 bits per heavy atom. The molecule has 6 nitrogen and oxygen atoms in total. The third-order valence-electron chi connectivity index (χ3n) is 2.44. The minimum absolute atomic E-state index is 0.206. The highest BCUT2D eigenvalue weighted by Gasteiger charge is 2.18. The number of aryl methyl sites for hydroxylation is 1. The van der Waals surface area contributed by atoms with Crippen molar-refractivity contribution in [2.24, 2.45) is 7.05 Å². The number of carbonyl (C=O) groups excluding carboxylic acids is 1. The largest absolute Gasteiger partial charge is 0.324 e. The van der Waals surface area contributed by atoms with E-state index in [9.17, 15) is 4.79 Å². The molecule has 0 radical (unpaired) electrons. The van der Waals surface area contributed by atoms with Crippen LogP contribution < -0.4 is 5.32 Å². The Labute approximate surface area is 129 Å². The van der Waals surface area contributed by atoms with Crippen molar-refractivity contribution < 1.29 is 4.79 Å². The maximum Gasteiger partial charge on any atom is 0.237 e. The fourth-order valence-electron chi connectivity index (χ4n) is 1.37. The molecular formula is C11H11Cl2N5OS. The Kier molecular flexibility index (Phi) is 4.85. The number of hydrogen-bond donors (Lipinski definition) is 1. The lowest BCUT2D eigenvalue weighted by Gasteiger charge is -2.12. The van der Waals surface area contributed by atoms with E-state index in [2.05, 4.69) is 20.8 Å². The molecule has 2 rings (SSSR count). The summed E-state index contributed by atoms with van der Waals surface area (Å²) >= 11 is 13.2. The van der Waals surface area contributed by atoms with Crippen LogP contribution in [0.1, 0.15) is 6.92 Å². The minimum atomic E-state index is -0.380. The zero-order valence-electron chi connectivity index (χ0n) is 10.7. The van der Waals surface area contributed by atoms with Crippen LogP contribution in [0.2, 0.25) is 10.0 Å². The first-order valence-corrected chi connectivity index (χ1v) is 7.26. The number of halogens is 2. The molecule has 0 saturated carbocycles. The second-order valence-electron chi connectivity index (χ2n) is 3.94. The normalized spacial score (nSPS) is 12.2. The Balaban J connectivity index is 2.04. The highest BCUT2D eigenvalue weighted by molar-refractivity contribution is 8.00. The van der Waals surface area contributed by atoms with Gasteiger partial charge in [0.05, 0.1) is 21.0 Å². The van der Waals surface area contributed by atoms with Crippen LogP contribution in [0, 0.1) is 0 Å². The Morgan fingerprint density at radius 3 is 2.85 bits per heavy atom. The summed E-state index contributed by atoms with van der Waals surface area (Å²) in [6.45, 7) is 1.76. The lowest BCUT2D eigenvalue weighted by molar-refractivity contribution is -0.115. The Morgan fingerprint density at radius 1 is 1.45 bits per heavy atom. The molecule has 0 aliphatic heterocycles. The summed E-state index contributed by atoms with van der Waals surface area (Å²) in [5.74, 6) is -0.206. The lowest BCUT2D eigenvalue weighted by atomic mass is 10.3. The third-order valence-corrected chi connectivity index (χ3v) is 4.39. The number of amides is 1. The Bertz CT molecular complexity index is 633. The number of hydrogen-bond acceptors (Lipinski definition) is 5. The molecule has 2 aromatic rings. The molecular weight excluding hydrogens is 321 g/mol. The highest BCUT2D eigenvalue weighted by atomic mass is 35.5. The molecule has 0 fully saturated rings. The number of nitrogens with one attached hydrogen (secondary N) is 1. The van der Waals surface area contributed by atoms with E-state index in [1.165, 1.54) is 16.4 Å². The van der Waals surface area contributed by atoms with Crippen LogP contribution in [0.5, 0.6) is 0 Å². The number of rotatable bonds is 4. The molecule has 0 saturated heterocycles. The predicted molar refractivity (Wildman–Crippen MR) is 79.2 cm³/mol. The Hall–Kier alpha value is -1.31. The molecule has 106 valence electrons. The van der Waals surface area contributed by atoms with Gasteiger partial charge in [-0.2, -0.15) is 0 Å². The summed E-state index contributed by atoms with van der Waals surface area (Å²) in [6.07, 6.45) is 0. The fourth-order valence-corrected chi connectivity index (χ4v) is 2.47. The average Bonchev–Trinajstić information content (AvgIpc) is 2.80. The predicted octanol–water partition coefficient (Wildman–Crippen LogP) is 2.64. The molecule has 1 aromatic heterocycles. The van der Waals surface area contributed by atoms with Crippen molar-refractivity contribution in [1.82, 2.24) is 20.2 Å². The van der Waals surface area contributed by atoms with Crippen molar-refractivity contribution in [3.8, 4) is 0 Å². The van der Waals surface area contributed by atoms with Gasteiger partial charge in [-0.1, -0.05) is 41.0 Å². The van der Waals surface area contributed by atoms with Gasteiger partial charge in [0.2, 0.25) is 11.1 Å². The molecule has 0 aliphatic carbocycles. The maximum absolute atomic E-state index is 12.1. The summed E-state index contributed by atoms with van der Waals surface area (Å²) in [6, 6.07) is 5.06. The van der Waals surface area contributed by atoms with Gasteiger partial charge in [0.1, 0.15) is 0 Å². The number of nitrogens with zero attached hydrogens (tertiary/aromatic N) is 4. The summed E-state index contributed by atoms with van der Waals surface area (Å²) in [5, 5.41) is 14.7. The second kappa shape index (κ2) is 6.43. The first kappa shape index (κ1) is 15.1. The van der Waals surface area contributed by atoms with Crippen molar-refractivity contribution in [3.05, 3.63) is 28.2 Å². The molecule has 1 N–H and O–H groups in total. The van der Waals surface area contributed by atoms with Gasteiger partial charge in [-0.25, -0.2) is 4.68 Å².